The summed E-state index contributed by atoms with van der Waals surface area (Å²) in [7, 11) is 0. The minimum Gasteiger partial charge on any atom is -0.488 e. The number of rotatable bonds is 7. The van der Waals surface area contributed by atoms with Crippen molar-refractivity contribution in [2.75, 3.05) is 39.4 Å². The summed E-state index contributed by atoms with van der Waals surface area (Å²) in [5.74, 6) is 0.719. The maximum atomic E-state index is 12.9. The molecule has 2 saturated heterocycles. The molecule has 2 aliphatic rings. The molecule has 7 heteroatoms. The van der Waals surface area contributed by atoms with Crippen molar-refractivity contribution in [2.45, 2.75) is 6.61 Å². The van der Waals surface area contributed by atoms with E-state index in [1.807, 2.05) is 60.7 Å². The third-order valence-corrected chi connectivity index (χ3v) is 6.44. The normalized spacial score (nSPS) is 18.9. The van der Waals surface area contributed by atoms with Gasteiger partial charge >= 0.3 is 0 Å². The molecule has 0 atom stereocenters. The van der Waals surface area contributed by atoms with Crippen molar-refractivity contribution >= 4 is 40.3 Å². The minimum absolute atomic E-state index is 0.0314. The average molecular weight is 441 g/mol. The van der Waals surface area contributed by atoms with Gasteiger partial charge in [-0.05, 0) is 17.7 Å². The monoisotopic (exact) mass is 440 g/mol. The number of carbonyl (C=O) groups is 1. The van der Waals surface area contributed by atoms with E-state index in [0.717, 1.165) is 49.7 Å². The molecule has 4 rings (SSSR count). The Bertz CT molecular complexity index is 927. The predicted molar refractivity (Wildman–Crippen MR) is 124 cm³/mol. The summed E-state index contributed by atoms with van der Waals surface area (Å²) in [5.41, 5.74) is 1.98. The lowest BCUT2D eigenvalue weighted by atomic mass is 10.1. The molecule has 0 aromatic heterocycles. The minimum atomic E-state index is -0.0314. The first-order valence-corrected chi connectivity index (χ1v) is 11.2. The summed E-state index contributed by atoms with van der Waals surface area (Å²) in [6, 6.07) is 17.8. The lowest BCUT2D eigenvalue weighted by molar-refractivity contribution is -0.122. The third kappa shape index (κ3) is 5.29. The number of benzene rings is 2. The van der Waals surface area contributed by atoms with Crippen LogP contribution in [0, 0.1) is 0 Å². The number of thiocarbonyl (C=S) groups is 1. The molecule has 0 N–H and O–H groups in total. The number of thioether (sulfide) groups is 1. The second kappa shape index (κ2) is 10.2. The van der Waals surface area contributed by atoms with E-state index in [-0.39, 0.29) is 5.91 Å². The molecule has 156 valence electrons. The highest BCUT2D eigenvalue weighted by Gasteiger charge is 2.32. The number of carbonyl (C=O) groups excluding carboxylic acids is 1. The van der Waals surface area contributed by atoms with Crippen LogP contribution in [0.5, 0.6) is 5.75 Å². The van der Waals surface area contributed by atoms with Gasteiger partial charge < -0.3 is 9.47 Å². The lowest BCUT2D eigenvalue weighted by Crippen LogP contribution is -2.42. The number of amides is 1. The molecule has 2 aliphatic heterocycles. The average Bonchev–Trinajstić information content (AvgIpc) is 3.05. The first kappa shape index (κ1) is 21.1. The highest BCUT2D eigenvalue weighted by atomic mass is 32.2. The fourth-order valence-corrected chi connectivity index (χ4v) is 4.67. The van der Waals surface area contributed by atoms with E-state index >= 15 is 0 Å². The molecule has 0 saturated carbocycles. The van der Waals surface area contributed by atoms with Gasteiger partial charge in [0.1, 0.15) is 16.7 Å². The van der Waals surface area contributed by atoms with Gasteiger partial charge in [0.15, 0.2) is 0 Å². The molecule has 2 aromatic carbocycles. The van der Waals surface area contributed by atoms with E-state index < -0.39 is 0 Å². The molecule has 0 spiro atoms. The van der Waals surface area contributed by atoms with Gasteiger partial charge in [-0.25, -0.2) is 0 Å². The third-order valence-electron chi connectivity index (χ3n) is 5.06. The van der Waals surface area contributed by atoms with Gasteiger partial charge in [0, 0.05) is 31.7 Å². The van der Waals surface area contributed by atoms with Gasteiger partial charge in [0.25, 0.3) is 5.91 Å². The Morgan fingerprint density at radius 1 is 1.03 bits per heavy atom. The summed E-state index contributed by atoms with van der Waals surface area (Å²) < 4.78 is 12.0. The standard InChI is InChI=1S/C23H24N2O3S2/c26-22-21(30-23(29)25(22)11-10-24-12-14-27-15-13-24)16-19-8-4-5-9-20(19)28-17-18-6-2-1-3-7-18/h1-9,16H,10-15,17H2/b21-16-. The van der Waals surface area contributed by atoms with E-state index in [1.54, 1.807) is 4.90 Å². The molecule has 5 nitrogen and oxygen atoms in total. The van der Waals surface area contributed by atoms with Gasteiger partial charge in [-0.15, -0.1) is 0 Å². The molecule has 2 aromatic rings. The van der Waals surface area contributed by atoms with Crippen molar-refractivity contribution in [1.82, 2.24) is 9.80 Å². The molecule has 0 aliphatic carbocycles. The van der Waals surface area contributed by atoms with E-state index in [0.29, 0.717) is 22.4 Å². The van der Waals surface area contributed by atoms with Crippen LogP contribution in [-0.4, -0.2) is 59.4 Å². The Hall–Kier alpha value is -2.19. The molecule has 0 bridgehead atoms. The van der Waals surface area contributed by atoms with Crippen molar-refractivity contribution in [1.29, 1.82) is 0 Å². The highest BCUT2D eigenvalue weighted by Crippen LogP contribution is 2.34. The first-order valence-electron chi connectivity index (χ1n) is 10.0. The van der Waals surface area contributed by atoms with Crippen molar-refractivity contribution < 1.29 is 14.3 Å². The Labute approximate surface area is 186 Å². The molecular weight excluding hydrogens is 416 g/mol. The van der Waals surface area contributed by atoms with Crippen LogP contribution in [0.25, 0.3) is 6.08 Å². The molecule has 1 amide bonds. The van der Waals surface area contributed by atoms with E-state index in [4.69, 9.17) is 21.7 Å². The quantitative estimate of drug-likeness (QED) is 0.482. The Morgan fingerprint density at radius 2 is 1.77 bits per heavy atom. The zero-order valence-electron chi connectivity index (χ0n) is 16.7. The molecule has 2 fully saturated rings. The molecule has 2 heterocycles. The highest BCUT2D eigenvalue weighted by molar-refractivity contribution is 8.26. The van der Waals surface area contributed by atoms with Crippen molar-refractivity contribution in [3.8, 4) is 5.75 Å². The van der Waals surface area contributed by atoms with Gasteiger partial charge in [0.2, 0.25) is 0 Å². The van der Waals surface area contributed by atoms with E-state index in [9.17, 15) is 4.79 Å². The van der Waals surface area contributed by atoms with Crippen LogP contribution in [-0.2, 0) is 16.1 Å². The Kier molecular flexibility index (Phi) is 7.17. The zero-order valence-corrected chi connectivity index (χ0v) is 18.3. The molecule has 30 heavy (non-hydrogen) atoms. The van der Waals surface area contributed by atoms with Crippen molar-refractivity contribution in [2.24, 2.45) is 0 Å². The van der Waals surface area contributed by atoms with E-state index in [2.05, 4.69) is 4.90 Å². The van der Waals surface area contributed by atoms with Crippen molar-refractivity contribution in [3.63, 3.8) is 0 Å². The van der Waals surface area contributed by atoms with Gasteiger partial charge in [-0.1, -0.05) is 72.5 Å². The van der Waals surface area contributed by atoms with Gasteiger partial charge in [0.05, 0.1) is 18.1 Å². The van der Waals surface area contributed by atoms with Crippen LogP contribution >= 0.6 is 24.0 Å². The maximum Gasteiger partial charge on any atom is 0.266 e. The van der Waals surface area contributed by atoms with Crippen LogP contribution in [0.4, 0.5) is 0 Å². The van der Waals surface area contributed by atoms with Crippen LogP contribution in [0.3, 0.4) is 0 Å². The smallest absolute Gasteiger partial charge is 0.266 e. The summed E-state index contributed by atoms with van der Waals surface area (Å²) in [6.07, 6.45) is 1.88. The molecular formula is C23H24N2O3S2. The van der Waals surface area contributed by atoms with Crippen molar-refractivity contribution in [3.05, 3.63) is 70.6 Å². The zero-order chi connectivity index (χ0) is 20.8. The Balaban J connectivity index is 1.43. The topological polar surface area (TPSA) is 42.0 Å². The van der Waals surface area contributed by atoms with E-state index in [1.165, 1.54) is 11.8 Å². The SMILES string of the molecule is O=C1/C(=C/c2ccccc2OCc2ccccc2)SC(=S)N1CCN1CCOCC1. The predicted octanol–water partition coefficient (Wildman–Crippen LogP) is 3.80. The first-order chi connectivity index (χ1) is 14.7. The van der Waals surface area contributed by atoms with Crippen LogP contribution < -0.4 is 4.74 Å². The summed E-state index contributed by atoms with van der Waals surface area (Å²) in [4.78, 5) is 17.6. The van der Waals surface area contributed by atoms with Gasteiger partial charge in [-0.3, -0.25) is 14.6 Å². The summed E-state index contributed by atoms with van der Waals surface area (Å²) >= 11 is 6.83. The number of ether oxygens (including phenoxy) is 2. The van der Waals surface area contributed by atoms with Crippen LogP contribution in [0.2, 0.25) is 0 Å². The summed E-state index contributed by atoms with van der Waals surface area (Å²) in [5, 5.41) is 0. The number of morpholine rings is 1. The second-order valence-electron chi connectivity index (χ2n) is 7.10. The number of hydrogen-bond acceptors (Lipinski definition) is 6. The van der Waals surface area contributed by atoms with Crippen LogP contribution in [0.15, 0.2) is 59.5 Å². The Morgan fingerprint density at radius 3 is 2.57 bits per heavy atom. The number of hydrogen-bond donors (Lipinski definition) is 0. The van der Waals surface area contributed by atoms with Gasteiger partial charge in [-0.2, -0.15) is 0 Å². The number of nitrogens with zero attached hydrogens (tertiary/aromatic N) is 2. The number of para-hydroxylation sites is 1. The fourth-order valence-electron chi connectivity index (χ4n) is 3.37. The lowest BCUT2D eigenvalue weighted by Gasteiger charge is -2.28. The largest absolute Gasteiger partial charge is 0.488 e. The second-order valence-corrected chi connectivity index (χ2v) is 8.78. The molecule has 0 radical (unpaired) electrons. The molecule has 0 unspecified atom stereocenters. The summed E-state index contributed by atoms with van der Waals surface area (Å²) in [6.45, 7) is 5.18. The fraction of sp³-hybridized carbons (Fsp3) is 0.304. The maximum absolute atomic E-state index is 12.9. The van der Waals surface area contributed by atoms with Crippen LogP contribution in [0.1, 0.15) is 11.1 Å².